The first kappa shape index (κ1) is 20.4. The number of aromatic nitrogens is 6. The average Bonchev–Trinajstić information content (AvgIpc) is 3.10. The Hall–Kier alpha value is -2.86. The molecular weight excluding hydrogens is 401 g/mol. The first-order valence-corrected chi connectivity index (χ1v) is 9.44. The molecule has 1 aliphatic rings. The molecule has 160 valence electrons. The molecule has 1 fully saturated rings. The standard InChI is InChI=1S/C18H21F3N8O/c1-27(8-13-2-3-22-11-23-13)9-14-25-16(28-4-6-30-7-5-28)15-17(26-14)29(12-24-15)10-18(19,20)21/h2-3,11-12H,4-10H2,1H3. The molecule has 1 saturated heterocycles. The summed E-state index contributed by atoms with van der Waals surface area (Å²) in [5.41, 5.74) is 1.36. The van der Waals surface area contributed by atoms with Crippen molar-refractivity contribution in [3.05, 3.63) is 36.4 Å². The third-order valence-corrected chi connectivity index (χ3v) is 4.64. The first-order valence-electron chi connectivity index (χ1n) is 9.44. The highest BCUT2D eigenvalue weighted by Gasteiger charge is 2.30. The fourth-order valence-electron chi connectivity index (χ4n) is 3.33. The lowest BCUT2D eigenvalue weighted by Gasteiger charge is -2.28. The minimum Gasteiger partial charge on any atom is -0.378 e. The lowest BCUT2D eigenvalue weighted by atomic mass is 10.3. The zero-order valence-electron chi connectivity index (χ0n) is 16.4. The molecule has 0 saturated carbocycles. The lowest BCUT2D eigenvalue weighted by Crippen LogP contribution is -2.37. The molecule has 1 aliphatic heterocycles. The molecule has 0 aromatic carbocycles. The van der Waals surface area contributed by atoms with E-state index in [1.165, 1.54) is 12.7 Å². The molecule has 12 heteroatoms. The molecule has 0 spiro atoms. The largest absolute Gasteiger partial charge is 0.406 e. The SMILES string of the molecule is CN(Cc1ccncn1)Cc1nc(N2CCOCC2)c2ncn(CC(F)(F)F)c2n1. The number of anilines is 1. The first-order chi connectivity index (χ1) is 14.4. The van der Waals surface area contributed by atoms with Gasteiger partial charge in [-0.25, -0.2) is 24.9 Å². The predicted octanol–water partition coefficient (Wildman–Crippen LogP) is 1.65. The molecule has 0 N–H and O–H groups in total. The van der Waals surface area contributed by atoms with E-state index in [0.29, 0.717) is 56.6 Å². The van der Waals surface area contributed by atoms with Gasteiger partial charge < -0.3 is 14.2 Å². The van der Waals surface area contributed by atoms with Gasteiger partial charge >= 0.3 is 6.18 Å². The Kier molecular flexibility index (Phi) is 5.77. The molecule has 4 heterocycles. The van der Waals surface area contributed by atoms with E-state index in [1.54, 1.807) is 12.3 Å². The van der Waals surface area contributed by atoms with E-state index in [1.807, 2.05) is 16.8 Å². The van der Waals surface area contributed by atoms with Gasteiger partial charge in [0.2, 0.25) is 0 Å². The zero-order chi connectivity index (χ0) is 21.1. The molecule has 0 radical (unpaired) electrons. The maximum absolute atomic E-state index is 13.0. The summed E-state index contributed by atoms with van der Waals surface area (Å²) >= 11 is 0. The van der Waals surface area contributed by atoms with Crippen LogP contribution < -0.4 is 4.90 Å². The molecule has 0 bridgehead atoms. The fraction of sp³-hybridized carbons (Fsp3) is 0.500. The minimum atomic E-state index is -4.37. The number of hydrogen-bond acceptors (Lipinski definition) is 8. The van der Waals surface area contributed by atoms with Crippen LogP contribution in [0.5, 0.6) is 0 Å². The molecule has 3 aromatic rings. The molecule has 9 nitrogen and oxygen atoms in total. The Balaban J connectivity index is 1.66. The van der Waals surface area contributed by atoms with Crippen LogP contribution in [0.25, 0.3) is 11.2 Å². The van der Waals surface area contributed by atoms with Gasteiger partial charge in [0.15, 0.2) is 17.0 Å². The smallest absolute Gasteiger partial charge is 0.378 e. The topological polar surface area (TPSA) is 85.1 Å². The van der Waals surface area contributed by atoms with Crippen LogP contribution in [0.3, 0.4) is 0 Å². The number of halogens is 3. The molecule has 0 aliphatic carbocycles. The second-order valence-electron chi connectivity index (χ2n) is 7.10. The summed E-state index contributed by atoms with van der Waals surface area (Å²) in [5, 5.41) is 0. The van der Waals surface area contributed by atoms with E-state index in [-0.39, 0.29) is 5.65 Å². The fourth-order valence-corrected chi connectivity index (χ4v) is 3.33. The Morgan fingerprint density at radius 1 is 1.13 bits per heavy atom. The van der Waals surface area contributed by atoms with Gasteiger partial charge in [0.1, 0.15) is 18.7 Å². The average molecular weight is 422 g/mol. The number of ether oxygens (including phenoxy) is 1. The van der Waals surface area contributed by atoms with E-state index in [2.05, 4.69) is 24.9 Å². The van der Waals surface area contributed by atoms with E-state index < -0.39 is 12.7 Å². The second-order valence-corrected chi connectivity index (χ2v) is 7.10. The predicted molar refractivity (Wildman–Crippen MR) is 102 cm³/mol. The second kappa shape index (κ2) is 8.48. The summed E-state index contributed by atoms with van der Waals surface area (Å²) in [7, 11) is 1.87. The summed E-state index contributed by atoms with van der Waals surface area (Å²) in [6, 6.07) is 1.80. The van der Waals surface area contributed by atoms with Crippen LogP contribution in [0.1, 0.15) is 11.5 Å². The maximum atomic E-state index is 13.0. The molecule has 30 heavy (non-hydrogen) atoms. The van der Waals surface area contributed by atoms with E-state index in [0.717, 1.165) is 10.3 Å². The molecule has 0 amide bonds. The monoisotopic (exact) mass is 422 g/mol. The van der Waals surface area contributed by atoms with Crippen molar-refractivity contribution in [3.63, 3.8) is 0 Å². The highest BCUT2D eigenvalue weighted by atomic mass is 19.4. The van der Waals surface area contributed by atoms with Crippen molar-refractivity contribution in [2.24, 2.45) is 0 Å². The highest BCUT2D eigenvalue weighted by molar-refractivity contribution is 5.83. The van der Waals surface area contributed by atoms with Gasteiger partial charge in [-0.05, 0) is 13.1 Å². The van der Waals surface area contributed by atoms with Crippen molar-refractivity contribution in [1.82, 2.24) is 34.4 Å². The van der Waals surface area contributed by atoms with Crippen LogP contribution in [0.15, 0.2) is 24.9 Å². The summed E-state index contributed by atoms with van der Waals surface area (Å²) in [5.74, 6) is 0.958. The molecular formula is C18H21F3N8O. The van der Waals surface area contributed by atoms with Crippen LogP contribution in [0.4, 0.5) is 19.0 Å². The molecule has 0 unspecified atom stereocenters. The zero-order valence-corrected chi connectivity index (χ0v) is 16.4. The summed E-state index contributed by atoms with van der Waals surface area (Å²) < 4.78 is 45.5. The van der Waals surface area contributed by atoms with Gasteiger partial charge in [-0.1, -0.05) is 0 Å². The third kappa shape index (κ3) is 4.82. The Morgan fingerprint density at radius 2 is 1.93 bits per heavy atom. The number of alkyl halides is 3. The van der Waals surface area contributed by atoms with Gasteiger partial charge in [-0.2, -0.15) is 13.2 Å². The number of fused-ring (bicyclic) bond motifs is 1. The number of rotatable bonds is 6. The van der Waals surface area contributed by atoms with Gasteiger partial charge in [-0.15, -0.1) is 0 Å². The van der Waals surface area contributed by atoms with Crippen molar-refractivity contribution in [1.29, 1.82) is 0 Å². The van der Waals surface area contributed by atoms with Gasteiger partial charge in [0.25, 0.3) is 0 Å². The van der Waals surface area contributed by atoms with Crippen molar-refractivity contribution >= 4 is 17.0 Å². The Bertz CT molecular complexity index is 988. The normalized spacial score (nSPS) is 15.3. The quantitative estimate of drug-likeness (QED) is 0.593. The number of imidazole rings is 1. The van der Waals surface area contributed by atoms with Crippen molar-refractivity contribution in [2.75, 3.05) is 38.3 Å². The third-order valence-electron chi connectivity index (χ3n) is 4.64. The van der Waals surface area contributed by atoms with Crippen LogP contribution >= 0.6 is 0 Å². The maximum Gasteiger partial charge on any atom is 0.406 e. The number of hydrogen-bond donors (Lipinski definition) is 0. The van der Waals surface area contributed by atoms with Crippen molar-refractivity contribution in [2.45, 2.75) is 25.8 Å². The van der Waals surface area contributed by atoms with Gasteiger partial charge in [-0.3, -0.25) is 4.90 Å². The van der Waals surface area contributed by atoms with Crippen molar-refractivity contribution < 1.29 is 17.9 Å². The van der Waals surface area contributed by atoms with Crippen LogP contribution in [0.2, 0.25) is 0 Å². The van der Waals surface area contributed by atoms with E-state index >= 15 is 0 Å². The van der Waals surface area contributed by atoms with Gasteiger partial charge in [0.05, 0.1) is 31.8 Å². The molecule has 3 aromatic heterocycles. The van der Waals surface area contributed by atoms with Crippen LogP contribution in [0, 0.1) is 0 Å². The summed E-state index contributed by atoms with van der Waals surface area (Å²) in [6.07, 6.45) is -0.0737. The van der Waals surface area contributed by atoms with Crippen molar-refractivity contribution in [3.8, 4) is 0 Å². The van der Waals surface area contributed by atoms with Gasteiger partial charge in [0, 0.05) is 25.8 Å². The van der Waals surface area contributed by atoms with E-state index in [4.69, 9.17) is 4.74 Å². The van der Waals surface area contributed by atoms with Crippen LogP contribution in [-0.2, 0) is 24.4 Å². The minimum absolute atomic E-state index is 0.175. The Labute approximate surface area is 170 Å². The Morgan fingerprint density at radius 3 is 2.63 bits per heavy atom. The summed E-state index contributed by atoms with van der Waals surface area (Å²) in [4.78, 5) is 25.3. The highest BCUT2D eigenvalue weighted by Crippen LogP contribution is 2.26. The molecule has 4 rings (SSSR count). The summed E-state index contributed by atoms with van der Waals surface area (Å²) in [6.45, 7) is 1.95. The number of nitrogens with zero attached hydrogens (tertiary/aromatic N) is 8. The number of morpholine rings is 1. The van der Waals surface area contributed by atoms with E-state index in [9.17, 15) is 13.2 Å². The molecule has 0 atom stereocenters. The lowest BCUT2D eigenvalue weighted by molar-refractivity contribution is -0.140. The van der Waals surface area contributed by atoms with Crippen LogP contribution in [-0.4, -0.2) is 73.9 Å².